The van der Waals surface area contributed by atoms with Crippen LogP contribution in [-0.2, 0) is 0 Å². The van der Waals surface area contributed by atoms with E-state index in [0.29, 0.717) is 18.0 Å². The third-order valence-electron chi connectivity index (χ3n) is 5.43. The zero-order valence-corrected chi connectivity index (χ0v) is 15.3. The second-order valence-electron chi connectivity index (χ2n) is 7.04. The van der Waals surface area contributed by atoms with Crippen LogP contribution >= 0.6 is 12.4 Å². The summed E-state index contributed by atoms with van der Waals surface area (Å²) >= 11 is 0. The standard InChI is InChI=1S/C19H22N6.ClH/c1-2-4-14(5-3-1)16-12-18(16)24-11-10-21-19(24)17-13-25(23-22-17)15-6-8-20-9-7-15;/h1-5,10-11,13,15-16,18,20H,6-9,12H2;1H/t16-,18+;/m0./s1. The van der Waals surface area contributed by atoms with E-state index in [1.54, 1.807) is 0 Å². The Hall–Kier alpha value is -2.18. The van der Waals surface area contributed by atoms with Gasteiger partial charge in [-0.3, -0.25) is 0 Å². The predicted molar refractivity (Wildman–Crippen MR) is 102 cm³/mol. The number of nitrogens with one attached hydrogen (secondary N) is 1. The van der Waals surface area contributed by atoms with Gasteiger partial charge in [0, 0.05) is 24.4 Å². The van der Waals surface area contributed by atoms with Gasteiger partial charge in [-0.2, -0.15) is 0 Å². The molecular formula is C19H23ClN6. The molecule has 3 heterocycles. The molecule has 0 spiro atoms. The first-order valence-corrected chi connectivity index (χ1v) is 9.11. The number of imidazole rings is 1. The van der Waals surface area contributed by atoms with E-state index in [1.807, 2.05) is 10.9 Å². The Bertz CT molecular complexity index is 852. The van der Waals surface area contributed by atoms with Gasteiger partial charge in [0.1, 0.15) is 5.69 Å². The van der Waals surface area contributed by atoms with Gasteiger partial charge in [-0.25, -0.2) is 9.67 Å². The van der Waals surface area contributed by atoms with Crippen LogP contribution in [0, 0.1) is 0 Å². The largest absolute Gasteiger partial charge is 0.326 e. The number of piperidine rings is 1. The number of rotatable bonds is 4. The molecule has 1 aromatic carbocycles. The second-order valence-corrected chi connectivity index (χ2v) is 7.04. The fourth-order valence-electron chi connectivity index (χ4n) is 3.96. The summed E-state index contributed by atoms with van der Waals surface area (Å²) in [5.74, 6) is 1.51. The first kappa shape index (κ1) is 17.2. The lowest BCUT2D eigenvalue weighted by molar-refractivity contribution is 0.337. The van der Waals surface area contributed by atoms with Gasteiger partial charge < -0.3 is 9.88 Å². The van der Waals surface area contributed by atoms with E-state index in [9.17, 15) is 0 Å². The highest BCUT2D eigenvalue weighted by atomic mass is 35.5. The Kier molecular flexibility index (Phi) is 4.78. The minimum Gasteiger partial charge on any atom is -0.326 e. The van der Waals surface area contributed by atoms with Crippen molar-refractivity contribution >= 4 is 12.4 Å². The highest BCUT2D eigenvalue weighted by Crippen LogP contribution is 2.52. The number of aromatic nitrogens is 5. The molecule has 1 N–H and O–H groups in total. The van der Waals surface area contributed by atoms with E-state index >= 15 is 0 Å². The quantitative estimate of drug-likeness (QED) is 0.766. The summed E-state index contributed by atoms with van der Waals surface area (Å²) in [6.45, 7) is 2.10. The lowest BCUT2D eigenvalue weighted by Crippen LogP contribution is -2.29. The molecule has 0 unspecified atom stereocenters. The molecule has 3 aromatic rings. The van der Waals surface area contributed by atoms with Gasteiger partial charge in [-0.1, -0.05) is 35.5 Å². The molecule has 2 fully saturated rings. The molecule has 7 heteroatoms. The maximum Gasteiger partial charge on any atom is 0.162 e. The van der Waals surface area contributed by atoms with Crippen LogP contribution in [0.25, 0.3) is 11.5 Å². The summed E-state index contributed by atoms with van der Waals surface area (Å²) in [6.07, 6.45) is 9.39. The van der Waals surface area contributed by atoms with Crippen molar-refractivity contribution in [1.82, 2.24) is 29.9 Å². The van der Waals surface area contributed by atoms with Crippen molar-refractivity contribution in [3.63, 3.8) is 0 Å². The van der Waals surface area contributed by atoms with Crippen LogP contribution in [0.2, 0.25) is 0 Å². The van der Waals surface area contributed by atoms with Crippen molar-refractivity contribution in [3.05, 3.63) is 54.5 Å². The summed E-state index contributed by atoms with van der Waals surface area (Å²) in [4.78, 5) is 4.57. The van der Waals surface area contributed by atoms with Crippen molar-refractivity contribution in [2.45, 2.75) is 37.3 Å². The highest BCUT2D eigenvalue weighted by molar-refractivity contribution is 5.85. The number of nitrogens with zero attached hydrogens (tertiary/aromatic N) is 5. The zero-order valence-electron chi connectivity index (χ0n) is 14.5. The Morgan fingerprint density at radius 1 is 1.08 bits per heavy atom. The lowest BCUT2D eigenvalue weighted by atomic mass is 10.1. The normalized spacial score (nSPS) is 22.8. The fourth-order valence-corrected chi connectivity index (χ4v) is 3.96. The van der Waals surface area contributed by atoms with Gasteiger partial charge in [0.15, 0.2) is 5.82 Å². The predicted octanol–water partition coefficient (Wildman–Crippen LogP) is 3.22. The van der Waals surface area contributed by atoms with E-state index in [0.717, 1.165) is 43.9 Å². The highest BCUT2D eigenvalue weighted by Gasteiger charge is 2.41. The number of hydrogen-bond acceptors (Lipinski definition) is 4. The zero-order chi connectivity index (χ0) is 16.6. The molecule has 2 atom stereocenters. The maximum atomic E-state index is 4.57. The molecule has 26 heavy (non-hydrogen) atoms. The number of benzene rings is 1. The first-order valence-electron chi connectivity index (χ1n) is 9.11. The van der Waals surface area contributed by atoms with E-state index in [-0.39, 0.29) is 12.4 Å². The van der Waals surface area contributed by atoms with E-state index in [2.05, 4.69) is 67.9 Å². The van der Waals surface area contributed by atoms with Gasteiger partial charge in [0.25, 0.3) is 0 Å². The molecule has 136 valence electrons. The van der Waals surface area contributed by atoms with Crippen LogP contribution in [0.15, 0.2) is 48.9 Å². The van der Waals surface area contributed by atoms with Crippen LogP contribution < -0.4 is 5.32 Å². The van der Waals surface area contributed by atoms with E-state index in [1.165, 1.54) is 5.56 Å². The molecule has 0 radical (unpaired) electrons. The molecule has 2 aliphatic rings. The third-order valence-corrected chi connectivity index (χ3v) is 5.43. The molecule has 5 rings (SSSR count). The summed E-state index contributed by atoms with van der Waals surface area (Å²) in [6, 6.07) is 11.7. The van der Waals surface area contributed by atoms with Gasteiger partial charge in [-0.15, -0.1) is 17.5 Å². The lowest BCUT2D eigenvalue weighted by Gasteiger charge is -2.22. The minimum absolute atomic E-state index is 0. The average Bonchev–Trinajstić information content (AvgIpc) is 3.08. The van der Waals surface area contributed by atoms with Crippen LogP contribution in [0.4, 0.5) is 0 Å². The minimum atomic E-state index is 0. The van der Waals surface area contributed by atoms with Gasteiger partial charge in [0.05, 0.1) is 12.2 Å². The Labute approximate surface area is 159 Å². The Balaban J connectivity index is 0.00000168. The van der Waals surface area contributed by atoms with Gasteiger partial charge in [-0.05, 0) is 37.9 Å². The molecule has 0 amide bonds. The monoisotopic (exact) mass is 370 g/mol. The molecule has 1 saturated carbocycles. The Morgan fingerprint density at radius 2 is 1.88 bits per heavy atom. The SMILES string of the molecule is Cl.c1ccc([C@@H]2C[C@H]2n2ccnc2-c2cn(C3CCNCC3)nn2)cc1. The first-order chi connectivity index (χ1) is 12.4. The van der Waals surface area contributed by atoms with Crippen molar-refractivity contribution in [3.8, 4) is 11.5 Å². The van der Waals surface area contributed by atoms with E-state index < -0.39 is 0 Å². The Morgan fingerprint density at radius 3 is 2.69 bits per heavy atom. The van der Waals surface area contributed by atoms with Crippen molar-refractivity contribution in [2.75, 3.05) is 13.1 Å². The molecule has 1 aliphatic heterocycles. The smallest absolute Gasteiger partial charge is 0.162 e. The second kappa shape index (κ2) is 7.21. The van der Waals surface area contributed by atoms with Crippen molar-refractivity contribution in [2.24, 2.45) is 0 Å². The molecule has 6 nitrogen and oxygen atoms in total. The van der Waals surface area contributed by atoms with Gasteiger partial charge in [0.2, 0.25) is 0 Å². The van der Waals surface area contributed by atoms with Crippen LogP contribution in [0.3, 0.4) is 0 Å². The van der Waals surface area contributed by atoms with Crippen molar-refractivity contribution in [1.29, 1.82) is 0 Å². The van der Waals surface area contributed by atoms with Crippen LogP contribution in [0.5, 0.6) is 0 Å². The van der Waals surface area contributed by atoms with Crippen LogP contribution in [0.1, 0.15) is 42.8 Å². The third kappa shape index (κ3) is 3.15. The van der Waals surface area contributed by atoms with Crippen LogP contribution in [-0.4, -0.2) is 37.6 Å². The van der Waals surface area contributed by atoms with Crippen molar-refractivity contribution < 1.29 is 0 Å². The summed E-state index contributed by atoms with van der Waals surface area (Å²) in [7, 11) is 0. The average molecular weight is 371 g/mol. The summed E-state index contributed by atoms with van der Waals surface area (Å²) < 4.78 is 4.30. The molecular weight excluding hydrogens is 348 g/mol. The summed E-state index contributed by atoms with van der Waals surface area (Å²) in [5, 5.41) is 12.2. The summed E-state index contributed by atoms with van der Waals surface area (Å²) in [5.41, 5.74) is 2.28. The molecule has 1 aliphatic carbocycles. The number of hydrogen-bond donors (Lipinski definition) is 1. The number of halogens is 1. The molecule has 0 bridgehead atoms. The molecule has 1 saturated heterocycles. The molecule has 2 aromatic heterocycles. The van der Waals surface area contributed by atoms with E-state index in [4.69, 9.17) is 0 Å². The fraction of sp³-hybridized carbons (Fsp3) is 0.421. The maximum absolute atomic E-state index is 4.57. The van der Waals surface area contributed by atoms with Gasteiger partial charge >= 0.3 is 0 Å². The topological polar surface area (TPSA) is 60.6 Å².